The molecule has 0 amide bonds. The van der Waals surface area contributed by atoms with E-state index in [9.17, 15) is 19.2 Å². The Morgan fingerprint density at radius 3 is 2.06 bits per heavy atom. The van der Waals surface area contributed by atoms with Crippen molar-refractivity contribution >= 4 is 23.7 Å². The first-order valence-electron chi connectivity index (χ1n) is 9.79. The molecule has 0 N–H and O–H groups in total. The molecular weight excluding hydrogens is 436 g/mol. The van der Waals surface area contributed by atoms with Gasteiger partial charge in [0.2, 0.25) is 11.9 Å². The summed E-state index contributed by atoms with van der Waals surface area (Å²) in [7, 11) is 2.72. The van der Waals surface area contributed by atoms with Gasteiger partial charge in [0.05, 0.1) is 14.2 Å². The highest BCUT2D eigenvalue weighted by molar-refractivity contribution is 6.06. The lowest BCUT2D eigenvalue weighted by atomic mass is 9.92. The molecule has 2 aromatic rings. The normalized spacial score (nSPS) is 16.7. The lowest BCUT2D eigenvalue weighted by Gasteiger charge is -2.33. The molecule has 0 radical (unpaired) electrons. The van der Waals surface area contributed by atoms with Gasteiger partial charge in [0.1, 0.15) is 22.8 Å². The van der Waals surface area contributed by atoms with Crippen molar-refractivity contribution in [3.05, 3.63) is 41.5 Å². The Kier molecular flexibility index (Phi) is 6.86. The minimum absolute atomic E-state index is 0.0411. The lowest BCUT2D eigenvalue weighted by Crippen LogP contribution is -2.39. The number of methoxy groups -OCH3 is 2. The zero-order valence-electron chi connectivity index (χ0n) is 18.6. The zero-order chi connectivity index (χ0) is 24.3. The highest BCUT2D eigenvalue weighted by atomic mass is 16.6. The molecular formula is C23H22O10. The number of carbonyl (C=O) groups excluding carboxylic acids is 4. The van der Waals surface area contributed by atoms with E-state index in [-0.39, 0.29) is 34.3 Å². The van der Waals surface area contributed by atoms with Crippen molar-refractivity contribution in [2.75, 3.05) is 14.2 Å². The monoisotopic (exact) mass is 458 g/mol. The van der Waals surface area contributed by atoms with Crippen molar-refractivity contribution in [1.82, 2.24) is 0 Å². The highest BCUT2D eigenvalue weighted by Gasteiger charge is 2.43. The second kappa shape index (κ2) is 9.60. The van der Waals surface area contributed by atoms with Gasteiger partial charge in [-0.15, -0.1) is 0 Å². The Hall–Kier alpha value is -4.08. The molecule has 10 heteroatoms. The fourth-order valence-electron chi connectivity index (χ4n) is 3.40. The van der Waals surface area contributed by atoms with Crippen LogP contribution in [0.2, 0.25) is 0 Å². The summed E-state index contributed by atoms with van der Waals surface area (Å²) in [5.41, 5.74) is 0.448. The summed E-state index contributed by atoms with van der Waals surface area (Å²) < 4.78 is 32.2. The predicted molar refractivity (Wildman–Crippen MR) is 112 cm³/mol. The van der Waals surface area contributed by atoms with Gasteiger partial charge < -0.3 is 28.4 Å². The van der Waals surface area contributed by atoms with E-state index < -0.39 is 35.9 Å². The summed E-state index contributed by atoms with van der Waals surface area (Å²) in [5, 5.41) is 0. The molecule has 0 spiro atoms. The first kappa shape index (κ1) is 23.6. The van der Waals surface area contributed by atoms with E-state index in [0.717, 1.165) is 0 Å². The van der Waals surface area contributed by atoms with Crippen LogP contribution < -0.4 is 23.7 Å². The first-order valence-corrected chi connectivity index (χ1v) is 9.79. The molecule has 1 aliphatic rings. The fourth-order valence-corrected chi connectivity index (χ4v) is 3.40. The van der Waals surface area contributed by atoms with Crippen molar-refractivity contribution in [2.24, 2.45) is 0 Å². The number of ketones is 1. The first-order chi connectivity index (χ1) is 15.6. The van der Waals surface area contributed by atoms with Crippen LogP contribution in [0.25, 0.3) is 0 Å². The maximum Gasteiger partial charge on any atom is 0.308 e. The largest absolute Gasteiger partial charge is 0.496 e. The Balaban J connectivity index is 2.12. The van der Waals surface area contributed by atoms with E-state index in [0.29, 0.717) is 5.56 Å². The molecule has 1 aliphatic heterocycles. The lowest BCUT2D eigenvalue weighted by molar-refractivity contribution is -0.149. The number of Topliss-reactive ketones (excluding diaryl/α,β-unsaturated/α-hetero) is 1. The topological polar surface area (TPSA) is 124 Å². The molecule has 0 saturated carbocycles. The second-order valence-corrected chi connectivity index (χ2v) is 7.03. The minimum atomic E-state index is -1.34. The van der Waals surface area contributed by atoms with Crippen molar-refractivity contribution < 1.29 is 47.6 Å². The Morgan fingerprint density at radius 2 is 1.48 bits per heavy atom. The minimum Gasteiger partial charge on any atom is -0.496 e. The molecule has 10 nitrogen and oxygen atoms in total. The Bertz CT molecular complexity index is 1120. The number of ether oxygens (including phenoxy) is 6. The van der Waals surface area contributed by atoms with E-state index in [1.165, 1.54) is 59.3 Å². The molecule has 0 bridgehead atoms. The molecule has 2 aromatic carbocycles. The van der Waals surface area contributed by atoms with E-state index in [2.05, 4.69) is 0 Å². The van der Waals surface area contributed by atoms with Crippen molar-refractivity contribution in [1.29, 1.82) is 0 Å². The summed E-state index contributed by atoms with van der Waals surface area (Å²) in [5.74, 6) is -1.72. The van der Waals surface area contributed by atoms with Crippen LogP contribution >= 0.6 is 0 Å². The van der Waals surface area contributed by atoms with Crippen LogP contribution in [0.1, 0.15) is 42.8 Å². The SMILES string of the molecule is COc1cc([C@@H]2Oc3cc(OC(C)=O)cc(OC)c3C(=O)[C@H]2OC(C)=O)ccc1OC(C)=O. The van der Waals surface area contributed by atoms with Crippen molar-refractivity contribution in [3.8, 4) is 28.7 Å². The standard InChI is InChI=1S/C23H22O10/c1-11(24)30-15-9-18(29-5)20-19(10-15)33-22(23(21(20)27)32-13(3)26)14-6-7-16(31-12(2)25)17(8-14)28-4/h6-10,22-23H,1-5H3/t22-,23+/m0/s1. The third-order valence-corrected chi connectivity index (χ3v) is 4.62. The molecule has 2 atom stereocenters. The van der Waals surface area contributed by atoms with Gasteiger partial charge in [-0.2, -0.15) is 0 Å². The molecule has 0 saturated heterocycles. The average Bonchev–Trinajstić information content (AvgIpc) is 2.74. The maximum absolute atomic E-state index is 13.4. The van der Waals surface area contributed by atoms with Crippen LogP contribution in [0.4, 0.5) is 0 Å². The van der Waals surface area contributed by atoms with Crippen molar-refractivity contribution in [3.63, 3.8) is 0 Å². The maximum atomic E-state index is 13.4. The van der Waals surface area contributed by atoms with Gasteiger partial charge in [-0.3, -0.25) is 19.2 Å². The number of hydrogen-bond donors (Lipinski definition) is 0. The number of rotatable bonds is 6. The molecule has 0 unspecified atom stereocenters. The molecule has 33 heavy (non-hydrogen) atoms. The molecule has 3 rings (SSSR count). The number of carbonyl (C=O) groups is 4. The van der Waals surface area contributed by atoms with Crippen molar-refractivity contribution in [2.45, 2.75) is 33.0 Å². The van der Waals surface area contributed by atoms with Crippen LogP contribution in [0.15, 0.2) is 30.3 Å². The second-order valence-electron chi connectivity index (χ2n) is 7.03. The number of hydrogen-bond acceptors (Lipinski definition) is 10. The third-order valence-electron chi connectivity index (χ3n) is 4.62. The molecule has 0 aromatic heterocycles. The van der Waals surface area contributed by atoms with Gasteiger partial charge >= 0.3 is 17.9 Å². The summed E-state index contributed by atoms with van der Waals surface area (Å²) in [4.78, 5) is 47.9. The Labute approximate surface area is 189 Å². The number of benzene rings is 2. The van der Waals surface area contributed by atoms with Crippen LogP contribution in [0.5, 0.6) is 28.7 Å². The smallest absolute Gasteiger partial charge is 0.308 e. The van der Waals surface area contributed by atoms with Gasteiger partial charge in [-0.25, -0.2) is 0 Å². The van der Waals surface area contributed by atoms with E-state index in [4.69, 9.17) is 28.4 Å². The van der Waals surface area contributed by atoms with Gasteiger partial charge in [-0.1, -0.05) is 6.07 Å². The summed E-state index contributed by atoms with van der Waals surface area (Å²) >= 11 is 0. The van der Waals surface area contributed by atoms with Gasteiger partial charge in [0.15, 0.2) is 17.6 Å². The molecule has 0 aliphatic carbocycles. The summed E-state index contributed by atoms with van der Waals surface area (Å²) in [6.45, 7) is 3.65. The summed E-state index contributed by atoms with van der Waals surface area (Å²) in [6.07, 6.45) is -2.42. The van der Waals surface area contributed by atoms with E-state index >= 15 is 0 Å². The quantitative estimate of drug-likeness (QED) is 0.471. The average molecular weight is 458 g/mol. The predicted octanol–water partition coefficient (Wildman–Crippen LogP) is 2.80. The van der Waals surface area contributed by atoms with Crippen LogP contribution in [-0.2, 0) is 19.1 Å². The highest BCUT2D eigenvalue weighted by Crippen LogP contribution is 2.44. The fraction of sp³-hybridized carbons (Fsp3) is 0.304. The zero-order valence-corrected chi connectivity index (χ0v) is 18.6. The molecule has 174 valence electrons. The number of fused-ring (bicyclic) bond motifs is 1. The van der Waals surface area contributed by atoms with Gasteiger partial charge in [-0.05, 0) is 12.1 Å². The van der Waals surface area contributed by atoms with Crippen LogP contribution in [0.3, 0.4) is 0 Å². The van der Waals surface area contributed by atoms with Crippen LogP contribution in [-0.4, -0.2) is 44.0 Å². The number of esters is 3. The summed E-state index contributed by atoms with van der Waals surface area (Å²) in [6, 6.07) is 7.26. The van der Waals surface area contributed by atoms with Gasteiger partial charge in [0, 0.05) is 38.5 Å². The van der Waals surface area contributed by atoms with Gasteiger partial charge in [0.25, 0.3) is 0 Å². The van der Waals surface area contributed by atoms with E-state index in [1.807, 2.05) is 0 Å². The Morgan fingerprint density at radius 1 is 0.818 bits per heavy atom. The molecule has 0 fully saturated rings. The third kappa shape index (κ3) is 5.05. The van der Waals surface area contributed by atoms with E-state index in [1.54, 1.807) is 6.07 Å². The molecule has 1 heterocycles. The van der Waals surface area contributed by atoms with Crippen LogP contribution in [0, 0.1) is 0 Å².